The highest BCUT2D eigenvalue weighted by Crippen LogP contribution is 2.21. The highest BCUT2D eigenvalue weighted by atomic mass is 32.2. The summed E-state index contributed by atoms with van der Waals surface area (Å²) in [5.41, 5.74) is 0.0132. The van der Waals surface area contributed by atoms with Crippen molar-refractivity contribution < 1.29 is 19.6 Å². The van der Waals surface area contributed by atoms with Gasteiger partial charge in [0, 0.05) is 24.1 Å². The van der Waals surface area contributed by atoms with Crippen molar-refractivity contribution in [3.63, 3.8) is 0 Å². The Kier molecular flexibility index (Phi) is 6.99. The highest BCUT2D eigenvalue weighted by Gasteiger charge is 2.11. The molecule has 0 aliphatic rings. The number of nitrogens with one attached hydrogen (secondary N) is 1. The van der Waals surface area contributed by atoms with Crippen LogP contribution in [0.15, 0.2) is 29.2 Å². The number of nitro benzene ring substituents is 1. The summed E-state index contributed by atoms with van der Waals surface area (Å²) in [5, 5.41) is 22.1. The van der Waals surface area contributed by atoms with Crippen LogP contribution in [0.25, 0.3) is 0 Å². The Bertz CT molecular complexity index is 452. The number of ether oxygens (including phenoxy) is 1. The molecule has 7 nitrogen and oxygen atoms in total. The lowest BCUT2D eigenvalue weighted by atomic mass is 10.3. The first kappa shape index (κ1) is 16.4. The third-order valence-corrected chi connectivity index (χ3v) is 3.38. The maximum Gasteiger partial charge on any atom is 0.269 e. The topological polar surface area (TPSA) is 102 Å². The number of non-ortho nitro benzene ring substituents is 1. The Labute approximate surface area is 120 Å². The summed E-state index contributed by atoms with van der Waals surface area (Å²) in [6.45, 7) is 0.0478. The molecule has 0 heterocycles. The van der Waals surface area contributed by atoms with Crippen LogP contribution < -0.4 is 5.32 Å². The van der Waals surface area contributed by atoms with Crippen molar-refractivity contribution in [1.29, 1.82) is 0 Å². The van der Waals surface area contributed by atoms with Gasteiger partial charge in [-0.15, -0.1) is 11.8 Å². The van der Waals surface area contributed by atoms with Gasteiger partial charge < -0.3 is 15.2 Å². The number of aliphatic hydroxyl groups is 1. The molecule has 0 aliphatic carbocycles. The summed E-state index contributed by atoms with van der Waals surface area (Å²) in [6.07, 6.45) is 0. The second kappa shape index (κ2) is 8.51. The Morgan fingerprint density at radius 1 is 1.50 bits per heavy atom. The van der Waals surface area contributed by atoms with Gasteiger partial charge in [0.05, 0.1) is 29.9 Å². The van der Waals surface area contributed by atoms with Gasteiger partial charge in [-0.3, -0.25) is 14.9 Å². The SMILES string of the molecule is COCC(CO)NC(=O)CSc1ccc([N+](=O)[O-])cc1. The van der Waals surface area contributed by atoms with Gasteiger partial charge in [-0.1, -0.05) is 0 Å². The Morgan fingerprint density at radius 3 is 2.65 bits per heavy atom. The zero-order chi connectivity index (χ0) is 15.0. The van der Waals surface area contributed by atoms with Gasteiger partial charge in [0.15, 0.2) is 0 Å². The van der Waals surface area contributed by atoms with E-state index in [9.17, 15) is 14.9 Å². The van der Waals surface area contributed by atoms with Crippen LogP contribution in [-0.2, 0) is 9.53 Å². The van der Waals surface area contributed by atoms with E-state index in [1.165, 1.54) is 31.0 Å². The van der Waals surface area contributed by atoms with E-state index < -0.39 is 11.0 Å². The van der Waals surface area contributed by atoms with Crippen molar-refractivity contribution in [3.05, 3.63) is 34.4 Å². The number of hydrogen-bond donors (Lipinski definition) is 2. The number of rotatable bonds is 8. The molecule has 0 fully saturated rings. The van der Waals surface area contributed by atoms with Crippen LogP contribution in [0.4, 0.5) is 5.69 Å². The molecule has 0 radical (unpaired) electrons. The van der Waals surface area contributed by atoms with Crippen LogP contribution >= 0.6 is 11.8 Å². The second-order valence-corrected chi connectivity index (χ2v) is 4.99. The number of carbonyl (C=O) groups is 1. The van der Waals surface area contributed by atoms with E-state index in [0.29, 0.717) is 0 Å². The van der Waals surface area contributed by atoms with Gasteiger partial charge in [-0.25, -0.2) is 0 Å². The zero-order valence-corrected chi connectivity index (χ0v) is 11.8. The number of thioether (sulfide) groups is 1. The molecule has 20 heavy (non-hydrogen) atoms. The van der Waals surface area contributed by atoms with Crippen molar-refractivity contribution in [3.8, 4) is 0 Å². The second-order valence-electron chi connectivity index (χ2n) is 3.94. The molecule has 0 aromatic heterocycles. The fourth-order valence-electron chi connectivity index (χ4n) is 1.42. The van der Waals surface area contributed by atoms with Crippen LogP contribution in [0, 0.1) is 10.1 Å². The fraction of sp³-hybridized carbons (Fsp3) is 0.417. The average molecular weight is 300 g/mol. The minimum absolute atomic E-state index is 0.0132. The summed E-state index contributed by atoms with van der Waals surface area (Å²) in [7, 11) is 1.49. The molecule has 8 heteroatoms. The lowest BCUT2D eigenvalue weighted by Gasteiger charge is -2.14. The third kappa shape index (κ3) is 5.55. The van der Waals surface area contributed by atoms with Crippen molar-refractivity contribution in [1.82, 2.24) is 5.32 Å². The molecule has 0 spiro atoms. The average Bonchev–Trinajstić information content (AvgIpc) is 2.45. The number of amides is 1. The summed E-state index contributed by atoms with van der Waals surface area (Å²) in [4.78, 5) is 22.4. The number of nitro groups is 1. The molecule has 1 aromatic rings. The van der Waals surface area contributed by atoms with Gasteiger partial charge in [-0.05, 0) is 12.1 Å². The molecular weight excluding hydrogens is 284 g/mol. The van der Waals surface area contributed by atoms with Crippen molar-refractivity contribution in [2.75, 3.05) is 26.1 Å². The molecule has 0 saturated heterocycles. The molecular formula is C12H16N2O5S. The van der Waals surface area contributed by atoms with E-state index in [0.717, 1.165) is 4.90 Å². The van der Waals surface area contributed by atoms with Crippen molar-refractivity contribution in [2.24, 2.45) is 0 Å². The van der Waals surface area contributed by atoms with E-state index in [1.54, 1.807) is 12.1 Å². The van der Waals surface area contributed by atoms with E-state index in [2.05, 4.69) is 5.32 Å². The molecule has 1 atom stereocenters. The lowest BCUT2D eigenvalue weighted by Crippen LogP contribution is -2.41. The number of methoxy groups -OCH3 is 1. The van der Waals surface area contributed by atoms with Crippen LogP contribution in [0.2, 0.25) is 0 Å². The molecule has 1 unspecified atom stereocenters. The minimum Gasteiger partial charge on any atom is -0.394 e. The predicted octanol–water partition coefficient (Wildman–Crippen LogP) is 0.810. The lowest BCUT2D eigenvalue weighted by molar-refractivity contribution is -0.384. The van der Waals surface area contributed by atoms with E-state index >= 15 is 0 Å². The molecule has 0 aliphatic heterocycles. The largest absolute Gasteiger partial charge is 0.394 e. The smallest absolute Gasteiger partial charge is 0.269 e. The number of aliphatic hydroxyl groups excluding tert-OH is 1. The molecule has 2 N–H and O–H groups in total. The molecule has 1 amide bonds. The first-order valence-electron chi connectivity index (χ1n) is 5.83. The Hall–Kier alpha value is -1.64. The normalized spacial score (nSPS) is 11.9. The van der Waals surface area contributed by atoms with Crippen LogP contribution in [0.5, 0.6) is 0 Å². The number of nitrogens with zero attached hydrogens (tertiary/aromatic N) is 1. The molecule has 1 aromatic carbocycles. The molecule has 1 rings (SSSR count). The Balaban J connectivity index is 2.42. The van der Waals surface area contributed by atoms with E-state index in [4.69, 9.17) is 9.84 Å². The number of carbonyl (C=O) groups excluding carboxylic acids is 1. The summed E-state index contributed by atoms with van der Waals surface area (Å²) in [5.74, 6) is -0.0673. The van der Waals surface area contributed by atoms with Crippen LogP contribution in [0.1, 0.15) is 0 Å². The van der Waals surface area contributed by atoms with E-state index in [1.807, 2.05) is 0 Å². The van der Waals surface area contributed by atoms with Gasteiger partial charge in [0.2, 0.25) is 5.91 Å². The van der Waals surface area contributed by atoms with Gasteiger partial charge in [0.1, 0.15) is 0 Å². The van der Waals surface area contributed by atoms with Crippen molar-refractivity contribution >= 4 is 23.4 Å². The predicted molar refractivity (Wildman–Crippen MR) is 74.7 cm³/mol. The number of hydrogen-bond acceptors (Lipinski definition) is 6. The minimum atomic E-state index is -0.474. The van der Waals surface area contributed by atoms with Gasteiger partial charge >= 0.3 is 0 Å². The first-order chi connectivity index (χ1) is 9.56. The monoisotopic (exact) mass is 300 g/mol. The standard InChI is InChI=1S/C12H16N2O5S/c1-19-7-9(6-15)13-12(16)8-20-11-4-2-10(3-5-11)14(17)18/h2-5,9,15H,6-8H2,1H3,(H,13,16). The van der Waals surface area contributed by atoms with E-state index in [-0.39, 0.29) is 30.6 Å². The first-order valence-corrected chi connectivity index (χ1v) is 6.81. The van der Waals surface area contributed by atoms with Crippen LogP contribution in [-0.4, -0.2) is 48.1 Å². The molecule has 110 valence electrons. The molecule has 0 bridgehead atoms. The zero-order valence-electron chi connectivity index (χ0n) is 10.9. The summed E-state index contributed by atoms with van der Waals surface area (Å²) < 4.78 is 4.85. The maximum atomic E-state index is 11.6. The summed E-state index contributed by atoms with van der Waals surface area (Å²) >= 11 is 1.26. The van der Waals surface area contributed by atoms with Gasteiger partial charge in [-0.2, -0.15) is 0 Å². The summed E-state index contributed by atoms with van der Waals surface area (Å²) in [6, 6.07) is 5.54. The molecule has 0 saturated carbocycles. The quantitative estimate of drug-likeness (QED) is 0.418. The fourth-order valence-corrected chi connectivity index (χ4v) is 2.13. The van der Waals surface area contributed by atoms with Crippen molar-refractivity contribution in [2.45, 2.75) is 10.9 Å². The van der Waals surface area contributed by atoms with Gasteiger partial charge in [0.25, 0.3) is 5.69 Å². The highest BCUT2D eigenvalue weighted by molar-refractivity contribution is 8.00. The third-order valence-electron chi connectivity index (χ3n) is 2.37. The van der Waals surface area contributed by atoms with Crippen LogP contribution in [0.3, 0.4) is 0 Å². The Morgan fingerprint density at radius 2 is 2.15 bits per heavy atom. The maximum absolute atomic E-state index is 11.6. The number of benzene rings is 1.